The maximum Gasteiger partial charge on any atom is 0.341 e. The Morgan fingerprint density at radius 3 is 2.71 bits per heavy atom. The number of benzene rings is 2. The molecule has 2 aromatic carbocycles. The van der Waals surface area contributed by atoms with Crippen LogP contribution >= 0.6 is 15.9 Å². The van der Waals surface area contributed by atoms with Gasteiger partial charge in [-0.3, -0.25) is 0 Å². The van der Waals surface area contributed by atoms with Crippen molar-refractivity contribution in [1.82, 2.24) is 10.2 Å². The topological polar surface area (TPSA) is 91.2 Å². The predicted molar refractivity (Wildman–Crippen MR) is 92.1 cm³/mol. The molecule has 122 valence electrons. The monoisotopic (exact) mass is 387 g/mol. The SMILES string of the molecule is CC(OC(=O)c1cc(Br)ccc1N)c1nnc(-c2ccccc2)o1. The van der Waals surface area contributed by atoms with Gasteiger partial charge in [-0.05, 0) is 37.3 Å². The van der Waals surface area contributed by atoms with Gasteiger partial charge in [-0.25, -0.2) is 4.79 Å². The second-order valence-corrected chi connectivity index (χ2v) is 6.01. The van der Waals surface area contributed by atoms with Crippen LogP contribution in [-0.4, -0.2) is 16.2 Å². The molecule has 0 spiro atoms. The second-order valence-electron chi connectivity index (χ2n) is 5.09. The molecule has 3 aromatic rings. The van der Waals surface area contributed by atoms with Crippen molar-refractivity contribution in [3.63, 3.8) is 0 Å². The number of esters is 1. The molecule has 3 rings (SSSR count). The van der Waals surface area contributed by atoms with Crippen LogP contribution in [0.25, 0.3) is 11.5 Å². The van der Waals surface area contributed by atoms with Gasteiger partial charge in [-0.1, -0.05) is 34.1 Å². The third-order valence-electron chi connectivity index (χ3n) is 3.33. The van der Waals surface area contributed by atoms with Crippen molar-refractivity contribution in [1.29, 1.82) is 0 Å². The zero-order valence-electron chi connectivity index (χ0n) is 12.8. The zero-order chi connectivity index (χ0) is 17.1. The first kappa shape index (κ1) is 16.2. The molecule has 0 saturated carbocycles. The number of carbonyl (C=O) groups excluding carboxylic acids is 1. The largest absolute Gasteiger partial charge is 0.449 e. The summed E-state index contributed by atoms with van der Waals surface area (Å²) in [5, 5.41) is 7.92. The van der Waals surface area contributed by atoms with Crippen LogP contribution in [0.2, 0.25) is 0 Å². The van der Waals surface area contributed by atoms with E-state index in [1.54, 1.807) is 25.1 Å². The highest BCUT2D eigenvalue weighted by atomic mass is 79.9. The van der Waals surface area contributed by atoms with Gasteiger partial charge in [0, 0.05) is 15.7 Å². The lowest BCUT2D eigenvalue weighted by atomic mass is 10.2. The quantitative estimate of drug-likeness (QED) is 0.537. The smallest absolute Gasteiger partial charge is 0.341 e. The number of hydrogen-bond donors (Lipinski definition) is 1. The van der Waals surface area contributed by atoms with E-state index in [1.165, 1.54) is 0 Å². The fourth-order valence-corrected chi connectivity index (χ4v) is 2.44. The van der Waals surface area contributed by atoms with E-state index < -0.39 is 12.1 Å². The molecule has 0 aliphatic rings. The minimum atomic E-state index is -0.694. The number of hydrogen-bond acceptors (Lipinski definition) is 6. The first-order chi connectivity index (χ1) is 11.5. The molecule has 6 nitrogen and oxygen atoms in total. The first-order valence-electron chi connectivity index (χ1n) is 7.19. The fraction of sp³-hybridized carbons (Fsp3) is 0.118. The predicted octanol–water partition coefficient (Wildman–Crippen LogP) is 4.00. The number of carbonyl (C=O) groups is 1. The number of nitrogens with two attached hydrogens (primary N) is 1. The minimum absolute atomic E-state index is 0.218. The molecule has 7 heteroatoms. The van der Waals surface area contributed by atoms with Gasteiger partial charge >= 0.3 is 5.97 Å². The average molecular weight is 388 g/mol. The number of aromatic nitrogens is 2. The molecule has 0 aliphatic heterocycles. The van der Waals surface area contributed by atoms with Crippen molar-refractivity contribution in [2.45, 2.75) is 13.0 Å². The normalized spacial score (nSPS) is 11.9. The summed E-state index contributed by atoms with van der Waals surface area (Å²) in [4.78, 5) is 12.3. The minimum Gasteiger partial charge on any atom is -0.449 e. The standard InChI is InChI=1S/C17H14BrN3O3/c1-10(23-17(22)13-9-12(18)7-8-14(13)19)15-20-21-16(24-15)11-5-3-2-4-6-11/h2-10H,19H2,1H3. The molecule has 0 aliphatic carbocycles. The molecule has 1 unspecified atom stereocenters. The lowest BCUT2D eigenvalue weighted by Crippen LogP contribution is -2.11. The number of nitrogen functional groups attached to an aromatic ring is 1. The summed E-state index contributed by atoms with van der Waals surface area (Å²) in [5.41, 5.74) is 7.22. The van der Waals surface area contributed by atoms with Crippen molar-refractivity contribution in [3.8, 4) is 11.5 Å². The van der Waals surface area contributed by atoms with Gasteiger partial charge in [0.1, 0.15) is 0 Å². The van der Waals surface area contributed by atoms with Crippen molar-refractivity contribution < 1.29 is 13.9 Å². The summed E-state index contributed by atoms with van der Waals surface area (Å²) in [6, 6.07) is 14.3. The molecule has 1 aromatic heterocycles. The van der Waals surface area contributed by atoms with Crippen molar-refractivity contribution in [2.24, 2.45) is 0 Å². The Morgan fingerprint density at radius 2 is 1.96 bits per heavy atom. The van der Waals surface area contributed by atoms with Crippen LogP contribution in [0.5, 0.6) is 0 Å². The number of anilines is 1. The molecule has 0 fully saturated rings. The highest BCUT2D eigenvalue weighted by molar-refractivity contribution is 9.10. The van der Waals surface area contributed by atoms with Crippen LogP contribution in [0.4, 0.5) is 5.69 Å². The number of halogens is 1. The lowest BCUT2D eigenvalue weighted by Gasteiger charge is -2.11. The Balaban J connectivity index is 1.75. The van der Waals surface area contributed by atoms with Gasteiger partial charge in [0.2, 0.25) is 5.89 Å². The zero-order valence-corrected chi connectivity index (χ0v) is 14.4. The molecule has 1 heterocycles. The van der Waals surface area contributed by atoms with Crippen molar-refractivity contribution in [2.75, 3.05) is 5.73 Å². The van der Waals surface area contributed by atoms with Crippen molar-refractivity contribution in [3.05, 3.63) is 64.5 Å². The van der Waals surface area contributed by atoms with Gasteiger partial charge in [0.25, 0.3) is 5.89 Å². The van der Waals surface area contributed by atoms with Crippen LogP contribution in [0.15, 0.2) is 57.4 Å². The van der Waals surface area contributed by atoms with Crippen LogP contribution in [0.3, 0.4) is 0 Å². The Kier molecular flexibility index (Phi) is 4.61. The highest BCUT2D eigenvalue weighted by Crippen LogP contribution is 2.25. The van der Waals surface area contributed by atoms with Gasteiger partial charge in [0.15, 0.2) is 6.10 Å². The summed E-state index contributed by atoms with van der Waals surface area (Å²) in [7, 11) is 0. The number of nitrogens with zero attached hydrogens (tertiary/aromatic N) is 2. The lowest BCUT2D eigenvalue weighted by molar-refractivity contribution is 0.0281. The van der Waals surface area contributed by atoms with Gasteiger partial charge in [-0.15, -0.1) is 10.2 Å². The Bertz CT molecular complexity index is 865. The third-order valence-corrected chi connectivity index (χ3v) is 3.82. The summed E-state index contributed by atoms with van der Waals surface area (Å²) >= 11 is 3.30. The summed E-state index contributed by atoms with van der Waals surface area (Å²) in [5.74, 6) is 0.0343. The van der Waals surface area contributed by atoms with Crippen LogP contribution in [0.1, 0.15) is 29.3 Å². The van der Waals surface area contributed by atoms with Crippen LogP contribution < -0.4 is 5.73 Å². The molecule has 0 amide bonds. The van der Waals surface area contributed by atoms with Crippen LogP contribution in [0, 0.1) is 0 Å². The van der Waals surface area contributed by atoms with E-state index in [9.17, 15) is 4.79 Å². The molecule has 0 saturated heterocycles. The Morgan fingerprint density at radius 1 is 1.21 bits per heavy atom. The number of rotatable bonds is 4. The van der Waals surface area contributed by atoms with Crippen LogP contribution in [-0.2, 0) is 4.74 Å². The molecule has 0 radical (unpaired) electrons. The first-order valence-corrected chi connectivity index (χ1v) is 7.98. The van der Waals surface area contributed by atoms with E-state index in [4.69, 9.17) is 14.9 Å². The maximum absolute atomic E-state index is 12.3. The van der Waals surface area contributed by atoms with E-state index in [2.05, 4.69) is 26.1 Å². The van der Waals surface area contributed by atoms with E-state index in [0.717, 1.165) is 10.0 Å². The number of ether oxygens (including phenoxy) is 1. The van der Waals surface area contributed by atoms with Gasteiger partial charge < -0.3 is 14.9 Å². The molecular formula is C17H14BrN3O3. The third kappa shape index (κ3) is 3.46. The molecule has 0 bridgehead atoms. The van der Waals surface area contributed by atoms with Gasteiger partial charge in [-0.2, -0.15) is 0 Å². The van der Waals surface area contributed by atoms with E-state index in [1.807, 2.05) is 30.3 Å². The average Bonchev–Trinajstić information content (AvgIpc) is 3.08. The second kappa shape index (κ2) is 6.84. The summed E-state index contributed by atoms with van der Waals surface area (Å²) < 4.78 is 11.7. The summed E-state index contributed by atoms with van der Waals surface area (Å²) in [6.45, 7) is 1.66. The van der Waals surface area contributed by atoms with E-state index >= 15 is 0 Å². The molecule has 1 atom stereocenters. The molecular weight excluding hydrogens is 374 g/mol. The Hall–Kier alpha value is -2.67. The van der Waals surface area contributed by atoms with E-state index in [-0.39, 0.29) is 11.5 Å². The molecule has 2 N–H and O–H groups in total. The Labute approximate surface area is 146 Å². The van der Waals surface area contributed by atoms with Gasteiger partial charge in [0.05, 0.1) is 5.56 Å². The van der Waals surface area contributed by atoms with E-state index in [0.29, 0.717) is 11.6 Å². The summed E-state index contributed by atoms with van der Waals surface area (Å²) in [6.07, 6.45) is -0.694. The fourth-order valence-electron chi connectivity index (χ4n) is 2.08. The maximum atomic E-state index is 12.3. The van der Waals surface area contributed by atoms with Crippen molar-refractivity contribution >= 4 is 27.6 Å². The molecule has 24 heavy (non-hydrogen) atoms. The highest BCUT2D eigenvalue weighted by Gasteiger charge is 2.21.